The van der Waals surface area contributed by atoms with Crippen molar-refractivity contribution >= 4 is 11.6 Å². The highest BCUT2D eigenvalue weighted by Crippen LogP contribution is 2.29. The molecule has 1 aromatic carbocycles. The summed E-state index contributed by atoms with van der Waals surface area (Å²) < 4.78 is 5.13. The van der Waals surface area contributed by atoms with Crippen molar-refractivity contribution in [1.82, 2.24) is 0 Å². The van der Waals surface area contributed by atoms with Gasteiger partial charge in [-0.3, -0.25) is 14.9 Å². The predicted octanol–water partition coefficient (Wildman–Crippen LogP) is 0.0946. The van der Waals surface area contributed by atoms with Crippen molar-refractivity contribution < 1.29 is 14.5 Å². The lowest BCUT2D eigenvalue weighted by atomic mass is 10.2. The fourth-order valence-corrected chi connectivity index (χ4v) is 1.24. The molecule has 17 heavy (non-hydrogen) atoms. The number of hydrogen-bond donors (Lipinski definition) is 2. The average molecular weight is 239 g/mol. The third-order valence-corrected chi connectivity index (χ3v) is 2.17. The molecule has 0 heterocycles. The van der Waals surface area contributed by atoms with E-state index in [0.29, 0.717) is 5.56 Å². The van der Waals surface area contributed by atoms with Gasteiger partial charge in [0.25, 0.3) is 0 Å². The first-order valence-electron chi connectivity index (χ1n) is 4.85. The minimum Gasteiger partial charge on any atom is -0.485 e. The second-order valence-corrected chi connectivity index (χ2v) is 3.50. The summed E-state index contributed by atoms with van der Waals surface area (Å²) in [6.07, 6.45) is 0. The van der Waals surface area contributed by atoms with Crippen molar-refractivity contribution in [1.29, 1.82) is 0 Å². The number of nitrogens with two attached hydrogens (primary N) is 2. The fourth-order valence-electron chi connectivity index (χ4n) is 1.24. The number of hydrogen-bond acceptors (Lipinski definition) is 5. The van der Waals surface area contributed by atoms with Crippen molar-refractivity contribution in [3.05, 3.63) is 33.9 Å². The Hall–Kier alpha value is -2.15. The highest BCUT2D eigenvalue weighted by Gasteiger charge is 2.19. The highest BCUT2D eigenvalue weighted by atomic mass is 16.6. The number of nitrogens with zero attached hydrogens (tertiary/aromatic N) is 1. The van der Waals surface area contributed by atoms with E-state index in [1.165, 1.54) is 6.07 Å². The van der Waals surface area contributed by atoms with Crippen molar-refractivity contribution in [2.75, 3.05) is 6.61 Å². The van der Waals surface area contributed by atoms with Gasteiger partial charge < -0.3 is 16.2 Å². The Morgan fingerprint density at radius 2 is 2.24 bits per heavy atom. The molecule has 0 saturated heterocycles. The molecule has 92 valence electrons. The van der Waals surface area contributed by atoms with Crippen LogP contribution < -0.4 is 16.2 Å². The molecule has 1 atom stereocenters. The molecule has 0 bridgehead atoms. The van der Waals surface area contributed by atoms with E-state index in [2.05, 4.69) is 0 Å². The standard InChI is InChI=1S/C10H13N3O4/c1-6-3-2-4-8(9(6)13(15)16)17-5-7(11)10(12)14/h2-4,7H,5,11H2,1H3,(H2,12,14). The van der Waals surface area contributed by atoms with Gasteiger partial charge in [-0.25, -0.2) is 0 Å². The number of carbonyl (C=O) groups excluding carboxylic acids is 1. The number of nitro benzene ring substituents is 1. The first kappa shape index (κ1) is 12.9. The number of ether oxygens (including phenoxy) is 1. The van der Waals surface area contributed by atoms with E-state index in [-0.39, 0.29) is 18.0 Å². The van der Waals surface area contributed by atoms with E-state index in [9.17, 15) is 14.9 Å². The number of rotatable bonds is 5. The Balaban J connectivity index is 2.88. The minimum absolute atomic E-state index is 0.0756. The molecule has 1 rings (SSSR count). The second kappa shape index (κ2) is 5.26. The van der Waals surface area contributed by atoms with Gasteiger partial charge in [0, 0.05) is 5.56 Å². The lowest BCUT2D eigenvalue weighted by Gasteiger charge is -2.10. The molecule has 0 aliphatic carbocycles. The second-order valence-electron chi connectivity index (χ2n) is 3.50. The van der Waals surface area contributed by atoms with Crippen LogP contribution in [0.3, 0.4) is 0 Å². The molecule has 0 radical (unpaired) electrons. The fraction of sp³-hybridized carbons (Fsp3) is 0.300. The maximum Gasteiger partial charge on any atom is 0.313 e. The molecule has 7 nitrogen and oxygen atoms in total. The highest BCUT2D eigenvalue weighted by molar-refractivity contribution is 5.79. The maximum absolute atomic E-state index is 10.8. The number of amides is 1. The molecule has 4 N–H and O–H groups in total. The zero-order chi connectivity index (χ0) is 13.0. The van der Waals surface area contributed by atoms with Crippen LogP contribution in [0.4, 0.5) is 5.69 Å². The van der Waals surface area contributed by atoms with E-state index in [4.69, 9.17) is 16.2 Å². The van der Waals surface area contributed by atoms with Crippen molar-refractivity contribution in [3.63, 3.8) is 0 Å². The van der Waals surface area contributed by atoms with Gasteiger partial charge in [0.1, 0.15) is 12.6 Å². The van der Waals surface area contributed by atoms with Gasteiger partial charge in [-0.2, -0.15) is 0 Å². The Kier molecular flexibility index (Phi) is 4.00. The van der Waals surface area contributed by atoms with Crippen LogP contribution in [-0.4, -0.2) is 23.5 Å². The van der Waals surface area contributed by atoms with Crippen molar-refractivity contribution in [3.8, 4) is 5.75 Å². The Labute approximate surface area is 97.5 Å². The first-order chi connectivity index (χ1) is 7.93. The van der Waals surface area contributed by atoms with Crippen LogP contribution in [0, 0.1) is 17.0 Å². The third kappa shape index (κ3) is 3.15. The summed E-state index contributed by atoms with van der Waals surface area (Å²) in [7, 11) is 0. The molecule has 1 unspecified atom stereocenters. The van der Waals surface area contributed by atoms with Crippen LogP contribution in [0.15, 0.2) is 18.2 Å². The number of carbonyl (C=O) groups is 1. The molecular weight excluding hydrogens is 226 g/mol. The zero-order valence-electron chi connectivity index (χ0n) is 9.25. The summed E-state index contributed by atoms with van der Waals surface area (Å²) >= 11 is 0. The number of nitro groups is 1. The monoisotopic (exact) mass is 239 g/mol. The molecule has 0 aliphatic heterocycles. The zero-order valence-corrected chi connectivity index (χ0v) is 9.25. The van der Waals surface area contributed by atoms with Gasteiger partial charge in [0.2, 0.25) is 5.91 Å². The average Bonchev–Trinajstić information content (AvgIpc) is 2.24. The van der Waals surface area contributed by atoms with Gasteiger partial charge in [-0.15, -0.1) is 0 Å². The summed E-state index contributed by atoms with van der Waals surface area (Å²) in [5.74, 6) is -0.646. The van der Waals surface area contributed by atoms with E-state index < -0.39 is 16.9 Å². The van der Waals surface area contributed by atoms with Gasteiger partial charge in [0.15, 0.2) is 5.75 Å². The van der Waals surface area contributed by atoms with Crippen LogP contribution in [0.1, 0.15) is 5.56 Å². The quantitative estimate of drug-likeness (QED) is 0.557. The smallest absolute Gasteiger partial charge is 0.313 e. The molecule has 1 aromatic rings. The summed E-state index contributed by atoms with van der Waals surface area (Å²) in [5.41, 5.74) is 10.6. The van der Waals surface area contributed by atoms with E-state index in [1.807, 2.05) is 0 Å². The van der Waals surface area contributed by atoms with Crippen LogP contribution in [0.5, 0.6) is 5.75 Å². The van der Waals surface area contributed by atoms with E-state index >= 15 is 0 Å². The van der Waals surface area contributed by atoms with Gasteiger partial charge in [-0.1, -0.05) is 12.1 Å². The molecule has 0 spiro atoms. The van der Waals surface area contributed by atoms with Gasteiger partial charge >= 0.3 is 5.69 Å². The Bertz CT molecular complexity index is 447. The summed E-state index contributed by atoms with van der Waals surface area (Å²) in [6, 6.07) is 3.67. The van der Waals surface area contributed by atoms with E-state index in [0.717, 1.165) is 0 Å². The van der Waals surface area contributed by atoms with Crippen LogP contribution >= 0.6 is 0 Å². The van der Waals surface area contributed by atoms with Crippen molar-refractivity contribution in [2.45, 2.75) is 13.0 Å². The molecule has 0 aliphatic rings. The lowest BCUT2D eigenvalue weighted by Crippen LogP contribution is -2.41. The molecule has 7 heteroatoms. The normalized spacial score (nSPS) is 11.9. The van der Waals surface area contributed by atoms with Crippen LogP contribution in [0.25, 0.3) is 0 Å². The molecule has 0 aromatic heterocycles. The maximum atomic E-state index is 10.8. The topological polar surface area (TPSA) is 121 Å². The molecule has 0 fully saturated rings. The predicted molar refractivity (Wildman–Crippen MR) is 60.5 cm³/mol. The molecule has 1 amide bonds. The van der Waals surface area contributed by atoms with Gasteiger partial charge in [-0.05, 0) is 13.0 Å². The lowest BCUT2D eigenvalue weighted by molar-refractivity contribution is -0.386. The summed E-state index contributed by atoms with van der Waals surface area (Å²) in [6.45, 7) is 1.40. The first-order valence-corrected chi connectivity index (χ1v) is 4.85. The van der Waals surface area contributed by atoms with Crippen LogP contribution in [-0.2, 0) is 4.79 Å². The number of benzene rings is 1. The third-order valence-electron chi connectivity index (χ3n) is 2.17. The Morgan fingerprint density at radius 3 is 2.76 bits per heavy atom. The number of primary amides is 1. The Morgan fingerprint density at radius 1 is 1.59 bits per heavy atom. The van der Waals surface area contributed by atoms with Crippen LogP contribution in [0.2, 0.25) is 0 Å². The largest absolute Gasteiger partial charge is 0.485 e. The minimum atomic E-state index is -0.991. The van der Waals surface area contributed by atoms with Crippen molar-refractivity contribution in [2.24, 2.45) is 11.5 Å². The van der Waals surface area contributed by atoms with E-state index in [1.54, 1.807) is 19.1 Å². The SMILES string of the molecule is Cc1cccc(OCC(N)C(N)=O)c1[N+](=O)[O-]. The summed E-state index contributed by atoms with van der Waals surface area (Å²) in [4.78, 5) is 21.0. The van der Waals surface area contributed by atoms with Gasteiger partial charge in [0.05, 0.1) is 4.92 Å². The molecular formula is C10H13N3O4. The number of para-hydroxylation sites is 1. The summed E-state index contributed by atoms with van der Waals surface area (Å²) in [5, 5.41) is 10.8. The molecule has 0 saturated carbocycles. The number of aryl methyl sites for hydroxylation is 1.